The van der Waals surface area contributed by atoms with Crippen LogP contribution in [0.1, 0.15) is 5.56 Å². The van der Waals surface area contributed by atoms with Crippen molar-refractivity contribution >= 4 is 44.1 Å². The first-order valence-corrected chi connectivity index (χ1v) is 11.2. The van der Waals surface area contributed by atoms with Crippen LogP contribution in [0.4, 0.5) is 5.69 Å². The fraction of sp³-hybridized carbons (Fsp3) is 0.111. The van der Waals surface area contributed by atoms with Gasteiger partial charge in [-0.2, -0.15) is 12.8 Å². The minimum absolute atomic E-state index is 0.0704. The Morgan fingerprint density at radius 2 is 1.81 bits per heavy atom. The molecule has 1 aliphatic rings. The molecule has 0 amide bonds. The summed E-state index contributed by atoms with van der Waals surface area (Å²) in [6.45, 7) is 0. The van der Waals surface area contributed by atoms with Crippen molar-refractivity contribution in [3.8, 4) is 5.88 Å². The Bertz CT molecular complexity index is 1370. The van der Waals surface area contributed by atoms with Gasteiger partial charge >= 0.3 is 5.69 Å². The van der Waals surface area contributed by atoms with Gasteiger partial charge in [0, 0.05) is 41.8 Å². The quantitative estimate of drug-likeness (QED) is 0.543. The van der Waals surface area contributed by atoms with Gasteiger partial charge in [0.25, 0.3) is 15.6 Å². The van der Waals surface area contributed by atoms with Crippen LogP contribution in [0.15, 0.2) is 66.5 Å². The molecule has 0 spiro atoms. The summed E-state index contributed by atoms with van der Waals surface area (Å²) in [5.74, 6) is -1.01. The molecule has 13 heteroatoms. The van der Waals surface area contributed by atoms with E-state index in [0.717, 1.165) is 11.8 Å². The summed E-state index contributed by atoms with van der Waals surface area (Å²) in [6, 6.07) is 8.12. The van der Waals surface area contributed by atoms with E-state index in [1.165, 1.54) is 23.9 Å². The monoisotopic (exact) mass is 481 g/mol. The molecule has 1 aromatic carbocycles. The Balaban J connectivity index is 0.000000254. The fourth-order valence-electron chi connectivity index (χ4n) is 2.49. The van der Waals surface area contributed by atoms with E-state index in [0.29, 0.717) is 5.02 Å². The van der Waals surface area contributed by atoms with Gasteiger partial charge in [-0.3, -0.25) is 9.78 Å². The van der Waals surface area contributed by atoms with Gasteiger partial charge in [-0.25, -0.2) is 9.78 Å². The Kier molecular flexibility index (Phi) is 6.53. The third-order valence-corrected chi connectivity index (χ3v) is 6.79. The largest absolute Gasteiger partial charge is 0.859 e. The standard InChI is InChI=1S/C11H6ClN3O5S2.C7H10N2/c12-4-1-2-6-5(3-4)21-10(15-22(6,19)20)7-8(16)13-11(18)14-9(7)17;1-9(2)7-3-5-8-6-4-7/h1-3H,(H3,13,14,16,17,18);3-6H,1-2H3. The summed E-state index contributed by atoms with van der Waals surface area (Å²) in [7, 11) is -0.0287. The Labute approximate surface area is 185 Å². The van der Waals surface area contributed by atoms with Gasteiger partial charge in [0.05, 0.1) is 5.56 Å². The highest BCUT2D eigenvalue weighted by atomic mass is 35.5. The lowest BCUT2D eigenvalue weighted by molar-refractivity contribution is -0.377. The van der Waals surface area contributed by atoms with Crippen molar-refractivity contribution in [3.63, 3.8) is 0 Å². The second kappa shape index (κ2) is 8.96. The summed E-state index contributed by atoms with van der Waals surface area (Å²) < 4.78 is 27.7. The lowest BCUT2D eigenvalue weighted by Gasteiger charge is -2.18. The molecule has 2 aromatic heterocycles. The molecule has 0 atom stereocenters. The summed E-state index contributed by atoms with van der Waals surface area (Å²) in [5, 5.41) is 11.7. The Hall–Kier alpha value is -3.09. The van der Waals surface area contributed by atoms with Crippen molar-refractivity contribution in [2.45, 2.75) is 9.79 Å². The van der Waals surface area contributed by atoms with Crippen molar-refractivity contribution in [2.24, 2.45) is 4.40 Å². The topological polar surface area (TPSA) is 153 Å². The number of nitrogens with one attached hydrogen (secondary N) is 3. The first-order valence-electron chi connectivity index (χ1n) is 8.58. The number of hydrogen-bond donors (Lipinski definition) is 2. The van der Waals surface area contributed by atoms with Gasteiger partial charge in [0.1, 0.15) is 9.94 Å². The normalized spacial score (nSPS) is 14.0. The van der Waals surface area contributed by atoms with Crippen LogP contribution >= 0.6 is 23.4 Å². The molecular formula is C18H16ClN5O5S2. The SMILES string of the molecule is CN(C)c1cc[nH+]cc1.O=c1[nH]c([O-])c(C2=NS(=O)(=O)c3ccc(Cl)cc3S2)c(=O)[nH]1. The molecule has 3 N–H and O–H groups in total. The third kappa shape index (κ3) is 5.16. The number of halogens is 1. The lowest BCUT2D eigenvalue weighted by atomic mass is 10.3. The molecule has 0 aliphatic carbocycles. The molecule has 0 radical (unpaired) electrons. The van der Waals surface area contributed by atoms with Crippen LogP contribution in [-0.2, 0) is 10.0 Å². The molecule has 0 saturated heterocycles. The van der Waals surface area contributed by atoms with E-state index in [1.807, 2.05) is 48.6 Å². The highest BCUT2D eigenvalue weighted by molar-refractivity contribution is 8.16. The molecule has 31 heavy (non-hydrogen) atoms. The summed E-state index contributed by atoms with van der Waals surface area (Å²) in [5.41, 5.74) is -1.32. The smallest absolute Gasteiger partial charge is 0.325 e. The zero-order valence-electron chi connectivity index (χ0n) is 16.2. The van der Waals surface area contributed by atoms with Crippen LogP contribution in [0.2, 0.25) is 5.02 Å². The van der Waals surface area contributed by atoms with E-state index in [2.05, 4.69) is 14.3 Å². The second-order valence-electron chi connectivity index (χ2n) is 6.33. The molecule has 1 aliphatic heterocycles. The third-order valence-electron chi connectivity index (χ3n) is 3.93. The predicted molar refractivity (Wildman–Crippen MR) is 115 cm³/mol. The molecule has 3 aromatic rings. The highest BCUT2D eigenvalue weighted by Crippen LogP contribution is 2.37. The summed E-state index contributed by atoms with van der Waals surface area (Å²) in [4.78, 5) is 31.7. The van der Waals surface area contributed by atoms with Crippen molar-refractivity contribution in [1.29, 1.82) is 0 Å². The number of sulfonamides is 1. The summed E-state index contributed by atoms with van der Waals surface area (Å²) >= 11 is 6.63. The average Bonchev–Trinajstić information content (AvgIpc) is 2.67. The van der Waals surface area contributed by atoms with Crippen molar-refractivity contribution in [3.05, 3.63) is 74.1 Å². The van der Waals surface area contributed by atoms with Crippen LogP contribution in [0.3, 0.4) is 0 Å². The van der Waals surface area contributed by atoms with Crippen molar-refractivity contribution in [2.75, 3.05) is 19.0 Å². The van der Waals surface area contributed by atoms with E-state index in [4.69, 9.17) is 11.6 Å². The molecule has 0 bridgehead atoms. The first kappa shape index (κ1) is 22.6. The van der Waals surface area contributed by atoms with Gasteiger partial charge in [0.2, 0.25) is 0 Å². The van der Waals surface area contributed by atoms with Gasteiger partial charge in [0.15, 0.2) is 12.4 Å². The number of hydrogen-bond acceptors (Lipinski definition) is 7. The van der Waals surface area contributed by atoms with Gasteiger partial charge in [-0.05, 0) is 24.1 Å². The Morgan fingerprint density at radius 3 is 2.39 bits per heavy atom. The van der Waals surface area contributed by atoms with E-state index >= 15 is 0 Å². The van der Waals surface area contributed by atoms with Crippen LogP contribution in [0.25, 0.3) is 0 Å². The van der Waals surface area contributed by atoms with E-state index < -0.39 is 32.7 Å². The van der Waals surface area contributed by atoms with Crippen molar-refractivity contribution < 1.29 is 18.5 Å². The summed E-state index contributed by atoms with van der Waals surface area (Å²) in [6.07, 6.45) is 3.82. The Morgan fingerprint density at radius 1 is 1.13 bits per heavy atom. The number of H-pyrrole nitrogens is 3. The molecule has 3 heterocycles. The number of aromatic nitrogens is 3. The van der Waals surface area contributed by atoms with Crippen LogP contribution in [0.5, 0.6) is 5.88 Å². The maximum atomic E-state index is 12.1. The molecule has 0 saturated carbocycles. The minimum Gasteiger partial charge on any atom is -0.859 e. The number of benzene rings is 1. The molecule has 0 unspecified atom stereocenters. The number of rotatable bonds is 2. The predicted octanol–water partition coefficient (Wildman–Crippen LogP) is 0.598. The minimum atomic E-state index is -4.07. The maximum absolute atomic E-state index is 12.1. The number of nitrogens with zero attached hydrogens (tertiary/aromatic N) is 2. The van der Waals surface area contributed by atoms with Crippen LogP contribution in [-0.4, -0.2) is 37.5 Å². The zero-order chi connectivity index (χ0) is 22.8. The van der Waals surface area contributed by atoms with Gasteiger partial charge in [-0.1, -0.05) is 23.4 Å². The molecule has 0 fully saturated rings. The number of aromatic amines is 3. The number of fused-ring (bicyclic) bond motifs is 1. The van der Waals surface area contributed by atoms with Crippen molar-refractivity contribution in [1.82, 2.24) is 9.97 Å². The fourth-order valence-corrected chi connectivity index (χ4v) is 5.42. The molecule has 10 nitrogen and oxygen atoms in total. The maximum Gasteiger partial charge on any atom is 0.325 e. The van der Waals surface area contributed by atoms with Crippen LogP contribution < -0.4 is 26.2 Å². The molecular weight excluding hydrogens is 466 g/mol. The van der Waals surface area contributed by atoms with Gasteiger partial charge < -0.3 is 15.0 Å². The van der Waals surface area contributed by atoms with Gasteiger partial charge in [-0.15, -0.1) is 0 Å². The number of thioether (sulfide) groups is 1. The molecule has 4 rings (SSSR count). The van der Waals surface area contributed by atoms with E-state index in [9.17, 15) is 23.1 Å². The zero-order valence-corrected chi connectivity index (χ0v) is 18.6. The highest BCUT2D eigenvalue weighted by Gasteiger charge is 2.28. The average molecular weight is 482 g/mol. The second-order valence-corrected chi connectivity index (χ2v) is 9.37. The lowest BCUT2D eigenvalue weighted by Crippen LogP contribution is -2.30. The first-order chi connectivity index (χ1) is 14.6. The number of pyridine rings is 1. The number of anilines is 1. The van der Waals surface area contributed by atoms with E-state index in [-0.39, 0.29) is 14.8 Å². The van der Waals surface area contributed by atoms with Crippen LogP contribution in [0, 0.1) is 0 Å². The van der Waals surface area contributed by atoms with E-state index in [1.54, 1.807) is 0 Å². The molecule has 162 valence electrons.